The molecule has 4 unspecified atom stereocenters. The van der Waals surface area contributed by atoms with E-state index in [0.29, 0.717) is 5.69 Å². The van der Waals surface area contributed by atoms with E-state index in [4.69, 9.17) is 0 Å². The fourth-order valence-electron chi connectivity index (χ4n) is 5.57. The van der Waals surface area contributed by atoms with Gasteiger partial charge < -0.3 is 0 Å². The first-order valence-corrected chi connectivity index (χ1v) is 11.4. The number of nitrogens with zero attached hydrogens (tertiary/aromatic N) is 1. The van der Waals surface area contributed by atoms with Gasteiger partial charge in [-0.15, -0.1) is 0 Å². The standard InChI is InChI=1S/C30H23NO2/c32-29-27-24(21-10-3-1-4-11-21)18-19-25(22-12-5-2-6-13-22)28(27)30(33)31(29)26-17-9-15-20-14-7-8-16-23(20)26/h1-19,24-25,27-28H. The van der Waals surface area contributed by atoms with Crippen LogP contribution in [0.3, 0.4) is 0 Å². The molecule has 1 heterocycles. The van der Waals surface area contributed by atoms with Crippen molar-refractivity contribution in [2.24, 2.45) is 11.8 Å². The molecule has 3 nitrogen and oxygen atoms in total. The van der Waals surface area contributed by atoms with Crippen LogP contribution in [0.4, 0.5) is 5.69 Å². The number of amides is 2. The molecule has 2 aliphatic rings. The number of fused-ring (bicyclic) bond motifs is 2. The minimum absolute atomic E-state index is 0.111. The van der Waals surface area contributed by atoms with Crippen LogP contribution in [0.5, 0.6) is 0 Å². The molecule has 1 aliphatic heterocycles. The topological polar surface area (TPSA) is 37.4 Å². The second-order valence-corrected chi connectivity index (χ2v) is 8.82. The fourth-order valence-corrected chi connectivity index (χ4v) is 5.57. The summed E-state index contributed by atoms with van der Waals surface area (Å²) in [6.45, 7) is 0. The SMILES string of the molecule is O=C1C2C(c3ccccc3)C=CC(c3ccccc3)C2C(=O)N1c1cccc2ccccc12. The lowest BCUT2D eigenvalue weighted by atomic mass is 9.68. The van der Waals surface area contributed by atoms with Gasteiger partial charge in [-0.2, -0.15) is 0 Å². The zero-order valence-electron chi connectivity index (χ0n) is 18.0. The normalized spacial score (nSPS) is 24.3. The number of hydrogen-bond acceptors (Lipinski definition) is 2. The van der Waals surface area contributed by atoms with Gasteiger partial charge in [-0.3, -0.25) is 9.59 Å². The molecule has 6 rings (SSSR count). The first-order valence-electron chi connectivity index (χ1n) is 11.4. The number of anilines is 1. The van der Waals surface area contributed by atoms with Gasteiger partial charge in [-0.05, 0) is 22.6 Å². The van der Waals surface area contributed by atoms with Crippen LogP contribution in [0, 0.1) is 11.8 Å². The Morgan fingerprint density at radius 3 is 1.58 bits per heavy atom. The summed E-state index contributed by atoms with van der Waals surface area (Å²) in [5.74, 6) is -1.36. The molecule has 1 aliphatic carbocycles. The van der Waals surface area contributed by atoms with Gasteiger partial charge in [0.1, 0.15) is 0 Å². The van der Waals surface area contributed by atoms with E-state index in [0.717, 1.165) is 21.9 Å². The van der Waals surface area contributed by atoms with Crippen LogP contribution >= 0.6 is 0 Å². The minimum Gasteiger partial charge on any atom is -0.274 e. The summed E-state index contributed by atoms with van der Waals surface area (Å²) >= 11 is 0. The first kappa shape index (κ1) is 19.7. The summed E-state index contributed by atoms with van der Waals surface area (Å²) in [4.78, 5) is 29.5. The second-order valence-electron chi connectivity index (χ2n) is 8.82. The molecule has 4 aromatic rings. The summed E-state index contributed by atoms with van der Waals surface area (Å²) in [5.41, 5.74) is 2.81. The average molecular weight is 430 g/mol. The number of benzene rings is 4. The molecule has 1 saturated heterocycles. The molecule has 33 heavy (non-hydrogen) atoms. The van der Waals surface area contributed by atoms with E-state index in [9.17, 15) is 9.59 Å². The van der Waals surface area contributed by atoms with Gasteiger partial charge in [0.15, 0.2) is 0 Å². The highest BCUT2D eigenvalue weighted by atomic mass is 16.2. The van der Waals surface area contributed by atoms with Crippen molar-refractivity contribution in [1.29, 1.82) is 0 Å². The molecule has 0 saturated carbocycles. The van der Waals surface area contributed by atoms with E-state index in [1.54, 1.807) is 0 Å². The number of allylic oxidation sites excluding steroid dienone is 2. The Morgan fingerprint density at radius 2 is 1.00 bits per heavy atom. The Labute approximate surface area is 193 Å². The number of hydrogen-bond donors (Lipinski definition) is 0. The van der Waals surface area contributed by atoms with Crippen LogP contribution in [0.2, 0.25) is 0 Å². The van der Waals surface area contributed by atoms with Crippen LogP contribution < -0.4 is 4.90 Å². The maximum absolute atomic E-state index is 14.0. The van der Waals surface area contributed by atoms with Gasteiger partial charge in [0.05, 0.1) is 17.5 Å². The Morgan fingerprint density at radius 1 is 0.515 bits per heavy atom. The van der Waals surface area contributed by atoms with Gasteiger partial charge in [0, 0.05) is 17.2 Å². The number of rotatable bonds is 3. The predicted molar refractivity (Wildman–Crippen MR) is 131 cm³/mol. The quantitative estimate of drug-likeness (QED) is 0.292. The van der Waals surface area contributed by atoms with Gasteiger partial charge in [0.2, 0.25) is 11.8 Å². The largest absolute Gasteiger partial charge is 0.274 e. The molecule has 2 amide bonds. The van der Waals surface area contributed by atoms with E-state index in [2.05, 4.69) is 12.2 Å². The van der Waals surface area contributed by atoms with Crippen LogP contribution in [0.25, 0.3) is 10.8 Å². The lowest BCUT2D eigenvalue weighted by molar-refractivity contribution is -0.122. The minimum atomic E-state index is -0.436. The Bertz CT molecular complexity index is 1300. The molecular weight excluding hydrogens is 406 g/mol. The molecule has 1 fully saturated rings. The lowest BCUT2D eigenvalue weighted by Crippen LogP contribution is -2.31. The Hall–Kier alpha value is -3.98. The molecule has 0 spiro atoms. The van der Waals surface area contributed by atoms with Crippen molar-refractivity contribution < 1.29 is 9.59 Å². The smallest absolute Gasteiger partial charge is 0.238 e. The summed E-state index contributed by atoms with van der Waals surface area (Å²) in [7, 11) is 0. The summed E-state index contributed by atoms with van der Waals surface area (Å²) < 4.78 is 0. The van der Waals surface area contributed by atoms with Crippen LogP contribution in [0.1, 0.15) is 23.0 Å². The lowest BCUT2D eigenvalue weighted by Gasteiger charge is -2.32. The zero-order chi connectivity index (χ0) is 22.4. The highest BCUT2D eigenvalue weighted by Crippen LogP contribution is 2.50. The van der Waals surface area contributed by atoms with Crippen molar-refractivity contribution in [1.82, 2.24) is 0 Å². The van der Waals surface area contributed by atoms with Gasteiger partial charge in [-0.25, -0.2) is 4.90 Å². The van der Waals surface area contributed by atoms with E-state index in [-0.39, 0.29) is 23.7 Å². The molecule has 0 radical (unpaired) electrons. The van der Waals surface area contributed by atoms with E-state index in [1.807, 2.05) is 103 Å². The van der Waals surface area contributed by atoms with Crippen molar-refractivity contribution in [3.8, 4) is 0 Å². The van der Waals surface area contributed by atoms with Gasteiger partial charge >= 0.3 is 0 Å². The van der Waals surface area contributed by atoms with Crippen molar-refractivity contribution in [2.45, 2.75) is 11.8 Å². The highest BCUT2D eigenvalue weighted by molar-refractivity contribution is 6.25. The molecule has 4 aromatic carbocycles. The van der Waals surface area contributed by atoms with Crippen molar-refractivity contribution in [3.63, 3.8) is 0 Å². The molecule has 0 N–H and O–H groups in total. The summed E-state index contributed by atoms with van der Waals surface area (Å²) in [6, 6.07) is 33.8. The third-order valence-corrected chi connectivity index (χ3v) is 7.07. The third-order valence-electron chi connectivity index (χ3n) is 7.07. The van der Waals surface area contributed by atoms with Gasteiger partial charge in [-0.1, -0.05) is 109 Å². The number of carbonyl (C=O) groups excluding carboxylic acids is 2. The van der Waals surface area contributed by atoms with Crippen molar-refractivity contribution in [2.75, 3.05) is 4.90 Å². The van der Waals surface area contributed by atoms with Crippen molar-refractivity contribution in [3.05, 3.63) is 126 Å². The van der Waals surface area contributed by atoms with Gasteiger partial charge in [0.25, 0.3) is 0 Å². The van der Waals surface area contributed by atoms with Crippen LogP contribution in [0.15, 0.2) is 115 Å². The molecule has 160 valence electrons. The summed E-state index contributed by atoms with van der Waals surface area (Å²) in [5, 5.41) is 1.93. The Balaban J connectivity index is 1.52. The molecule has 3 heteroatoms. The maximum atomic E-state index is 14.0. The van der Waals surface area contributed by atoms with E-state index < -0.39 is 11.8 Å². The fraction of sp³-hybridized carbons (Fsp3) is 0.133. The molecule has 4 atom stereocenters. The molecular formula is C30H23NO2. The van der Waals surface area contributed by atoms with Crippen LogP contribution in [-0.4, -0.2) is 11.8 Å². The predicted octanol–water partition coefficient (Wildman–Crippen LogP) is 6.08. The Kier molecular flexibility index (Phi) is 4.69. The number of imide groups is 1. The number of carbonyl (C=O) groups is 2. The highest BCUT2D eigenvalue weighted by Gasteiger charge is 2.55. The van der Waals surface area contributed by atoms with Crippen LogP contribution in [-0.2, 0) is 9.59 Å². The first-order chi connectivity index (χ1) is 16.2. The van der Waals surface area contributed by atoms with Crippen molar-refractivity contribution >= 4 is 28.3 Å². The monoisotopic (exact) mass is 429 g/mol. The molecule has 0 aromatic heterocycles. The molecule has 0 bridgehead atoms. The van der Waals surface area contributed by atoms with E-state index >= 15 is 0 Å². The average Bonchev–Trinajstić information content (AvgIpc) is 3.14. The second kappa shape index (κ2) is 7.86. The zero-order valence-corrected chi connectivity index (χ0v) is 18.0. The van der Waals surface area contributed by atoms with E-state index in [1.165, 1.54) is 4.90 Å². The maximum Gasteiger partial charge on any atom is 0.238 e. The third kappa shape index (κ3) is 3.12. The summed E-state index contributed by atoms with van der Waals surface area (Å²) in [6.07, 6.45) is 4.26.